The fourth-order valence-electron chi connectivity index (χ4n) is 1.75. The topological polar surface area (TPSA) is 73.1 Å². The predicted octanol–water partition coefficient (Wildman–Crippen LogP) is 2.83. The number of nitrogens with zero attached hydrogens (tertiary/aromatic N) is 2. The van der Waals surface area contributed by atoms with E-state index in [1.165, 1.54) is 7.11 Å². The van der Waals surface area contributed by atoms with Gasteiger partial charge in [-0.2, -0.15) is 13.2 Å². The molecule has 0 saturated heterocycles. The molecule has 0 aliphatic rings. The molecule has 0 fully saturated rings. The molecule has 0 aliphatic carbocycles. The number of anilines is 1. The van der Waals surface area contributed by atoms with Crippen molar-refractivity contribution in [2.45, 2.75) is 6.18 Å². The summed E-state index contributed by atoms with van der Waals surface area (Å²) in [6.45, 7) is 0. The third-order valence-electron chi connectivity index (χ3n) is 2.63. The van der Waals surface area contributed by atoms with Crippen molar-refractivity contribution in [1.82, 2.24) is 9.97 Å². The van der Waals surface area contributed by atoms with Crippen LogP contribution in [-0.2, 0) is 6.18 Å². The Hall–Kier alpha value is -2.42. The molecule has 2 rings (SSSR count). The van der Waals surface area contributed by atoms with Gasteiger partial charge in [-0.1, -0.05) is 12.1 Å². The monoisotopic (exact) mass is 328 g/mol. The lowest BCUT2D eigenvalue weighted by Gasteiger charge is -2.12. The zero-order valence-electron chi connectivity index (χ0n) is 11.3. The van der Waals surface area contributed by atoms with Gasteiger partial charge in [0, 0.05) is 5.56 Å². The summed E-state index contributed by atoms with van der Waals surface area (Å²) in [6, 6.07) is 7.40. The van der Waals surface area contributed by atoms with Gasteiger partial charge in [-0.3, -0.25) is 0 Å². The Kier molecular flexibility index (Phi) is 4.45. The number of hydrogen-bond donors (Lipinski definition) is 2. The number of nitrogens with one attached hydrogen (secondary N) is 1. The molecule has 0 saturated carbocycles. The molecule has 5 nitrogen and oxygen atoms in total. The van der Waals surface area contributed by atoms with Crippen LogP contribution < -0.4 is 15.8 Å². The average molecular weight is 328 g/mol. The van der Waals surface area contributed by atoms with Crippen molar-refractivity contribution < 1.29 is 17.9 Å². The van der Waals surface area contributed by atoms with E-state index in [0.717, 1.165) is 6.07 Å². The molecule has 22 heavy (non-hydrogen) atoms. The van der Waals surface area contributed by atoms with Gasteiger partial charge >= 0.3 is 6.18 Å². The number of nitrogens with two attached hydrogens (primary N) is 1. The second-order valence-corrected chi connectivity index (χ2v) is 4.59. The maximum absolute atomic E-state index is 13.0. The van der Waals surface area contributed by atoms with Crippen LogP contribution >= 0.6 is 12.2 Å². The molecule has 0 spiro atoms. The van der Waals surface area contributed by atoms with Crippen molar-refractivity contribution >= 4 is 23.3 Å². The third-order valence-corrected chi connectivity index (χ3v) is 2.74. The lowest BCUT2D eigenvalue weighted by Crippen LogP contribution is -2.22. The van der Waals surface area contributed by atoms with Crippen molar-refractivity contribution in [1.29, 1.82) is 0 Å². The molecule has 116 valence electrons. The largest absolute Gasteiger partial charge is 0.496 e. The highest BCUT2D eigenvalue weighted by atomic mass is 32.1. The number of halogens is 3. The Bertz CT molecular complexity index is 706. The summed E-state index contributed by atoms with van der Waals surface area (Å²) in [4.78, 5) is 7.37. The second-order valence-electron chi connectivity index (χ2n) is 4.15. The van der Waals surface area contributed by atoms with E-state index in [1.807, 2.05) is 0 Å². The van der Waals surface area contributed by atoms with Gasteiger partial charge in [0.05, 0.1) is 12.8 Å². The molecule has 0 unspecified atom stereocenters. The number of rotatable bonds is 3. The Morgan fingerprint density at radius 2 is 1.95 bits per heavy atom. The van der Waals surface area contributed by atoms with Crippen LogP contribution in [0.15, 0.2) is 30.3 Å². The first-order valence-electron chi connectivity index (χ1n) is 5.97. The van der Waals surface area contributed by atoms with Crippen LogP contribution in [-0.4, -0.2) is 22.2 Å². The quantitative estimate of drug-likeness (QED) is 0.844. The van der Waals surface area contributed by atoms with Crippen molar-refractivity contribution in [2.24, 2.45) is 5.73 Å². The normalized spacial score (nSPS) is 11.1. The van der Waals surface area contributed by atoms with E-state index >= 15 is 0 Å². The van der Waals surface area contributed by atoms with E-state index in [4.69, 9.17) is 10.5 Å². The minimum atomic E-state index is -4.63. The molecule has 0 atom stereocenters. The van der Waals surface area contributed by atoms with Crippen LogP contribution in [0.4, 0.5) is 19.1 Å². The molecular weight excluding hydrogens is 317 g/mol. The summed E-state index contributed by atoms with van der Waals surface area (Å²) in [6.07, 6.45) is -4.63. The van der Waals surface area contributed by atoms with Crippen LogP contribution in [0.3, 0.4) is 0 Å². The molecule has 1 heterocycles. The molecule has 0 radical (unpaired) electrons. The predicted molar refractivity (Wildman–Crippen MR) is 79.4 cm³/mol. The fourth-order valence-corrected chi connectivity index (χ4v) is 1.84. The number of para-hydroxylation sites is 1. The molecule has 0 amide bonds. The number of benzene rings is 1. The highest BCUT2D eigenvalue weighted by molar-refractivity contribution is 7.80. The van der Waals surface area contributed by atoms with E-state index in [9.17, 15) is 13.2 Å². The maximum atomic E-state index is 13.0. The first kappa shape index (κ1) is 16.0. The lowest BCUT2D eigenvalue weighted by atomic mass is 10.1. The molecule has 3 N–H and O–H groups in total. The van der Waals surface area contributed by atoms with Crippen molar-refractivity contribution in [2.75, 3.05) is 12.4 Å². The number of thiocarbonyl (C=S) groups is 1. The van der Waals surface area contributed by atoms with Gasteiger partial charge in [-0.05, 0) is 30.4 Å². The van der Waals surface area contributed by atoms with Gasteiger partial charge in [0.15, 0.2) is 10.8 Å². The summed E-state index contributed by atoms with van der Waals surface area (Å²) in [7, 11) is 1.42. The van der Waals surface area contributed by atoms with Crippen LogP contribution in [0, 0.1) is 0 Å². The first-order chi connectivity index (χ1) is 10.3. The van der Waals surface area contributed by atoms with Crippen LogP contribution in [0.1, 0.15) is 5.69 Å². The fraction of sp³-hybridized carbons (Fsp3) is 0.154. The summed E-state index contributed by atoms with van der Waals surface area (Å²) >= 11 is 4.60. The van der Waals surface area contributed by atoms with E-state index in [-0.39, 0.29) is 16.8 Å². The minimum Gasteiger partial charge on any atom is -0.496 e. The Morgan fingerprint density at radius 1 is 1.27 bits per heavy atom. The smallest absolute Gasteiger partial charge is 0.433 e. The number of methoxy groups -OCH3 is 1. The van der Waals surface area contributed by atoms with Crippen molar-refractivity contribution in [3.05, 3.63) is 36.0 Å². The number of aromatic nitrogens is 2. The van der Waals surface area contributed by atoms with Gasteiger partial charge in [-0.25, -0.2) is 9.97 Å². The number of hydrogen-bond acceptors (Lipinski definition) is 4. The van der Waals surface area contributed by atoms with E-state index < -0.39 is 11.9 Å². The Labute approximate surface area is 129 Å². The molecule has 0 aliphatic heterocycles. The van der Waals surface area contributed by atoms with Crippen LogP contribution in [0.5, 0.6) is 5.75 Å². The van der Waals surface area contributed by atoms with E-state index in [1.54, 1.807) is 24.3 Å². The molecule has 1 aromatic carbocycles. The third kappa shape index (κ3) is 3.61. The number of alkyl halides is 3. The van der Waals surface area contributed by atoms with E-state index in [2.05, 4.69) is 27.5 Å². The first-order valence-corrected chi connectivity index (χ1v) is 6.38. The van der Waals surface area contributed by atoms with Gasteiger partial charge in [-0.15, -0.1) is 0 Å². The SMILES string of the molecule is COc1ccccc1-c1cc(C(F)(F)F)nc(NC(N)=S)n1. The van der Waals surface area contributed by atoms with E-state index in [0.29, 0.717) is 11.3 Å². The van der Waals surface area contributed by atoms with Crippen molar-refractivity contribution in [3.8, 4) is 17.0 Å². The Balaban J connectivity index is 2.61. The molecule has 0 bridgehead atoms. The lowest BCUT2D eigenvalue weighted by molar-refractivity contribution is -0.141. The second kappa shape index (κ2) is 6.14. The highest BCUT2D eigenvalue weighted by Gasteiger charge is 2.34. The van der Waals surface area contributed by atoms with Crippen LogP contribution in [0.25, 0.3) is 11.3 Å². The van der Waals surface area contributed by atoms with Gasteiger partial charge in [0.2, 0.25) is 5.95 Å². The molecule has 2 aromatic rings. The van der Waals surface area contributed by atoms with Gasteiger partial charge in [0.1, 0.15) is 5.75 Å². The summed E-state index contributed by atoms with van der Waals surface area (Å²) in [5.74, 6) is 0.0545. The Morgan fingerprint density at radius 3 is 2.55 bits per heavy atom. The van der Waals surface area contributed by atoms with Crippen molar-refractivity contribution in [3.63, 3.8) is 0 Å². The zero-order valence-corrected chi connectivity index (χ0v) is 12.1. The minimum absolute atomic E-state index is 0.0403. The maximum Gasteiger partial charge on any atom is 0.433 e. The standard InChI is InChI=1S/C13H11F3N4OS/c1-21-9-5-3-2-4-7(9)8-6-10(13(14,15)16)19-12(18-8)20-11(17)22/h2-6H,1H3,(H3,17,18,19,20,22). The van der Waals surface area contributed by atoms with Crippen LogP contribution in [0.2, 0.25) is 0 Å². The summed E-state index contributed by atoms with van der Waals surface area (Å²) in [5.41, 5.74) is 4.59. The van der Waals surface area contributed by atoms with Gasteiger partial charge in [0.25, 0.3) is 0 Å². The highest BCUT2D eigenvalue weighted by Crippen LogP contribution is 2.34. The number of ether oxygens (including phenoxy) is 1. The van der Waals surface area contributed by atoms with Gasteiger partial charge < -0.3 is 15.8 Å². The molecular formula is C13H11F3N4OS. The zero-order chi connectivity index (χ0) is 16.3. The summed E-state index contributed by atoms with van der Waals surface area (Å²) in [5, 5.41) is 2.08. The summed E-state index contributed by atoms with van der Waals surface area (Å²) < 4.78 is 44.0. The molecule has 9 heteroatoms. The average Bonchev–Trinajstić information content (AvgIpc) is 2.45. The molecule has 1 aromatic heterocycles.